The molecule has 1 aromatic carbocycles. The van der Waals surface area contributed by atoms with Gasteiger partial charge in [-0.2, -0.15) is 5.26 Å². The van der Waals surface area contributed by atoms with Crippen molar-refractivity contribution in [1.82, 2.24) is 19.1 Å². The molecule has 0 aliphatic heterocycles. The van der Waals surface area contributed by atoms with Gasteiger partial charge in [0.05, 0.1) is 18.2 Å². The number of aryl methyl sites for hydroxylation is 1. The van der Waals surface area contributed by atoms with Crippen LogP contribution in [0.3, 0.4) is 0 Å². The molecule has 0 spiro atoms. The Morgan fingerprint density at radius 3 is 2.87 bits per heavy atom. The summed E-state index contributed by atoms with van der Waals surface area (Å²) in [7, 11) is 1.74. The summed E-state index contributed by atoms with van der Waals surface area (Å²) in [5, 5.41) is 10.4. The van der Waals surface area contributed by atoms with Gasteiger partial charge in [0.2, 0.25) is 0 Å². The number of benzene rings is 1. The highest BCUT2D eigenvalue weighted by atomic mass is 16.1. The molecule has 3 aromatic heterocycles. The lowest BCUT2D eigenvalue weighted by Gasteiger charge is -2.26. The average molecular weight is 412 g/mol. The van der Waals surface area contributed by atoms with Crippen LogP contribution in [-0.2, 0) is 13.6 Å². The van der Waals surface area contributed by atoms with E-state index in [1.165, 1.54) is 0 Å². The van der Waals surface area contributed by atoms with Crippen LogP contribution in [-0.4, -0.2) is 25.1 Å². The van der Waals surface area contributed by atoms with E-state index in [0.29, 0.717) is 28.8 Å². The van der Waals surface area contributed by atoms with Gasteiger partial charge in [0.15, 0.2) is 0 Å². The van der Waals surface area contributed by atoms with E-state index in [-0.39, 0.29) is 17.5 Å². The summed E-state index contributed by atoms with van der Waals surface area (Å²) >= 11 is 0. The van der Waals surface area contributed by atoms with Crippen LogP contribution in [0.25, 0.3) is 22.1 Å². The molecule has 1 aliphatic carbocycles. The number of nitrogens with two attached hydrogens (primary N) is 1. The van der Waals surface area contributed by atoms with E-state index in [2.05, 4.69) is 11.1 Å². The third-order valence-electron chi connectivity index (χ3n) is 6.41. The molecular formula is C24H24N6O. The predicted octanol–water partition coefficient (Wildman–Crippen LogP) is 3.19. The Kier molecular flexibility index (Phi) is 4.79. The van der Waals surface area contributed by atoms with E-state index in [4.69, 9.17) is 10.7 Å². The van der Waals surface area contributed by atoms with Crippen LogP contribution >= 0.6 is 0 Å². The monoisotopic (exact) mass is 412 g/mol. The fraction of sp³-hybridized carbons (Fsp3) is 0.333. The van der Waals surface area contributed by atoms with Crippen LogP contribution in [0, 0.1) is 11.3 Å². The standard InChI is InChI=1S/C24H24N6O/c1-29-23-19(10-5-11-27-23)20-21(24(29)31)30(14-17-7-3-2-6-16(17)13-25)22(28-20)15-8-4-9-18(26)12-15/h2-3,5-7,10-11,15,18H,4,8-9,12,14,26H2,1H3/t15?,18-/m1/s1. The van der Waals surface area contributed by atoms with Crippen LogP contribution in [0.4, 0.5) is 0 Å². The van der Waals surface area contributed by atoms with Crippen molar-refractivity contribution in [2.24, 2.45) is 12.8 Å². The van der Waals surface area contributed by atoms with E-state index in [9.17, 15) is 10.1 Å². The minimum atomic E-state index is -0.130. The highest BCUT2D eigenvalue weighted by Gasteiger charge is 2.28. The van der Waals surface area contributed by atoms with Gasteiger partial charge >= 0.3 is 0 Å². The van der Waals surface area contributed by atoms with Gasteiger partial charge in [-0.15, -0.1) is 0 Å². The van der Waals surface area contributed by atoms with E-state index >= 15 is 0 Å². The molecule has 4 aromatic rings. The lowest BCUT2D eigenvalue weighted by atomic mass is 9.85. The quantitative estimate of drug-likeness (QED) is 0.557. The summed E-state index contributed by atoms with van der Waals surface area (Å²) in [6, 6.07) is 13.8. The number of aromatic nitrogens is 4. The first kappa shape index (κ1) is 19.5. The Bertz CT molecular complexity index is 1390. The molecule has 156 valence electrons. The first-order valence-electron chi connectivity index (χ1n) is 10.7. The van der Waals surface area contributed by atoms with E-state index in [1.54, 1.807) is 17.8 Å². The van der Waals surface area contributed by atoms with Crippen LogP contribution < -0.4 is 11.3 Å². The maximum atomic E-state index is 13.4. The maximum absolute atomic E-state index is 13.4. The molecule has 1 saturated carbocycles. The van der Waals surface area contributed by atoms with Gasteiger partial charge < -0.3 is 10.3 Å². The molecule has 0 radical (unpaired) electrons. The van der Waals surface area contributed by atoms with Crippen LogP contribution in [0.2, 0.25) is 0 Å². The normalized spacial score (nSPS) is 19.0. The van der Waals surface area contributed by atoms with Gasteiger partial charge in [0.1, 0.15) is 22.5 Å². The smallest absolute Gasteiger partial charge is 0.278 e. The SMILES string of the molecule is Cn1c(=O)c2c(nc(C3CCC[C@@H](N)C3)n2Cc2ccccc2C#N)c2cccnc21. The van der Waals surface area contributed by atoms with Gasteiger partial charge in [-0.1, -0.05) is 24.6 Å². The van der Waals surface area contributed by atoms with E-state index < -0.39 is 0 Å². The van der Waals surface area contributed by atoms with Crippen molar-refractivity contribution in [3.63, 3.8) is 0 Å². The molecule has 1 aliphatic rings. The molecule has 1 fully saturated rings. The number of hydrogen-bond donors (Lipinski definition) is 1. The maximum Gasteiger partial charge on any atom is 0.278 e. The second-order valence-corrected chi connectivity index (χ2v) is 8.38. The number of rotatable bonds is 3. The lowest BCUT2D eigenvalue weighted by Crippen LogP contribution is -2.28. The third-order valence-corrected chi connectivity index (χ3v) is 6.41. The molecule has 0 bridgehead atoms. The zero-order valence-electron chi connectivity index (χ0n) is 17.5. The Labute approximate surface area is 179 Å². The summed E-state index contributed by atoms with van der Waals surface area (Å²) < 4.78 is 3.60. The van der Waals surface area contributed by atoms with Gasteiger partial charge in [0.25, 0.3) is 5.56 Å². The first-order valence-corrected chi connectivity index (χ1v) is 10.7. The Balaban J connectivity index is 1.81. The molecule has 5 rings (SSSR count). The average Bonchev–Trinajstić information content (AvgIpc) is 3.17. The summed E-state index contributed by atoms with van der Waals surface area (Å²) in [6.07, 6.45) is 5.59. The van der Waals surface area contributed by atoms with E-state index in [1.807, 2.05) is 41.0 Å². The van der Waals surface area contributed by atoms with Gasteiger partial charge in [0, 0.05) is 30.6 Å². The minimum absolute atomic E-state index is 0.130. The number of hydrogen-bond acceptors (Lipinski definition) is 5. The topological polar surface area (TPSA) is 103 Å². The summed E-state index contributed by atoms with van der Waals surface area (Å²) in [5.41, 5.74) is 9.50. The fourth-order valence-corrected chi connectivity index (χ4v) is 4.85. The summed E-state index contributed by atoms with van der Waals surface area (Å²) in [5.74, 6) is 1.06. The van der Waals surface area contributed by atoms with Crippen molar-refractivity contribution in [3.8, 4) is 6.07 Å². The lowest BCUT2D eigenvalue weighted by molar-refractivity contribution is 0.376. The number of pyridine rings is 2. The highest BCUT2D eigenvalue weighted by Crippen LogP contribution is 2.34. The second-order valence-electron chi connectivity index (χ2n) is 8.38. The molecule has 2 N–H and O–H groups in total. The van der Waals surface area contributed by atoms with Crippen molar-refractivity contribution in [2.45, 2.75) is 44.2 Å². The van der Waals surface area contributed by atoms with E-state index in [0.717, 1.165) is 42.5 Å². The van der Waals surface area contributed by atoms with Crippen molar-refractivity contribution in [3.05, 3.63) is 69.9 Å². The number of nitriles is 1. The largest absolute Gasteiger partial charge is 0.328 e. The molecule has 7 nitrogen and oxygen atoms in total. The molecule has 1 unspecified atom stereocenters. The predicted molar refractivity (Wildman–Crippen MR) is 120 cm³/mol. The molecular weight excluding hydrogens is 388 g/mol. The molecule has 7 heteroatoms. The van der Waals surface area contributed by atoms with Crippen LogP contribution in [0.1, 0.15) is 48.6 Å². The highest BCUT2D eigenvalue weighted by molar-refractivity contribution is 6.00. The Morgan fingerprint density at radius 2 is 2.06 bits per heavy atom. The Morgan fingerprint density at radius 1 is 1.23 bits per heavy atom. The Hall–Kier alpha value is -3.50. The molecule has 31 heavy (non-hydrogen) atoms. The number of fused-ring (bicyclic) bond motifs is 3. The van der Waals surface area contributed by atoms with Gasteiger partial charge in [-0.3, -0.25) is 9.36 Å². The minimum Gasteiger partial charge on any atom is -0.328 e. The van der Waals surface area contributed by atoms with Crippen molar-refractivity contribution in [1.29, 1.82) is 5.26 Å². The van der Waals surface area contributed by atoms with Gasteiger partial charge in [-0.25, -0.2) is 9.97 Å². The summed E-state index contributed by atoms with van der Waals surface area (Å²) in [4.78, 5) is 22.9. The fourth-order valence-electron chi connectivity index (χ4n) is 4.85. The zero-order chi connectivity index (χ0) is 21.5. The summed E-state index contributed by atoms with van der Waals surface area (Å²) in [6.45, 7) is 0.419. The van der Waals surface area contributed by atoms with Crippen LogP contribution in [0.5, 0.6) is 0 Å². The first-order chi connectivity index (χ1) is 15.1. The zero-order valence-corrected chi connectivity index (χ0v) is 17.5. The number of nitrogens with zero attached hydrogens (tertiary/aromatic N) is 5. The van der Waals surface area contributed by atoms with Crippen molar-refractivity contribution < 1.29 is 0 Å². The van der Waals surface area contributed by atoms with Gasteiger partial charge in [-0.05, 0) is 43.0 Å². The molecule has 0 amide bonds. The van der Waals surface area contributed by atoms with Crippen LogP contribution in [0.15, 0.2) is 47.4 Å². The number of imidazole rings is 1. The molecule has 3 heterocycles. The van der Waals surface area contributed by atoms with Crippen molar-refractivity contribution >= 4 is 22.1 Å². The third kappa shape index (κ3) is 3.20. The molecule has 2 atom stereocenters. The second kappa shape index (κ2) is 7.64. The molecule has 0 saturated heterocycles. The van der Waals surface area contributed by atoms with Crippen molar-refractivity contribution in [2.75, 3.05) is 0 Å².